The van der Waals surface area contributed by atoms with Crippen molar-refractivity contribution < 1.29 is 19.1 Å². The fourth-order valence-corrected chi connectivity index (χ4v) is 1.42. The number of anilines is 1. The summed E-state index contributed by atoms with van der Waals surface area (Å²) in [5, 5.41) is 11.1. The zero-order valence-corrected chi connectivity index (χ0v) is 9.50. The Hall–Kier alpha value is -1.75. The average molecular weight is 239 g/mol. The lowest BCUT2D eigenvalue weighted by molar-refractivity contribution is -0.114. The number of carbonyl (C=O) groups excluding carboxylic acids is 2. The van der Waals surface area contributed by atoms with Gasteiger partial charge < -0.3 is 10.4 Å². The molecule has 0 spiro atoms. The van der Waals surface area contributed by atoms with Gasteiger partial charge in [-0.3, -0.25) is 9.59 Å². The Bertz CT molecular complexity index is 432. The third-order valence-corrected chi connectivity index (χ3v) is 2.15. The molecule has 92 valence electrons. The van der Waals surface area contributed by atoms with E-state index < -0.39 is 5.82 Å². The summed E-state index contributed by atoms with van der Waals surface area (Å²) in [6.45, 7) is 1.21. The molecule has 1 aromatic rings. The van der Waals surface area contributed by atoms with Crippen LogP contribution in [-0.4, -0.2) is 23.4 Å². The van der Waals surface area contributed by atoms with Crippen molar-refractivity contribution in [3.8, 4) is 0 Å². The number of amides is 1. The number of nitrogens with one attached hydrogen (secondary N) is 1. The number of halogens is 1. The molecular formula is C12H14FNO3. The van der Waals surface area contributed by atoms with Gasteiger partial charge in [0, 0.05) is 25.5 Å². The van der Waals surface area contributed by atoms with Crippen LogP contribution >= 0.6 is 0 Å². The summed E-state index contributed by atoms with van der Waals surface area (Å²) in [6, 6.07) is 3.61. The molecule has 0 aliphatic heterocycles. The predicted octanol–water partition coefficient (Wildman–Crippen LogP) is 1.74. The first kappa shape index (κ1) is 13.3. The minimum absolute atomic E-state index is 0.101. The Morgan fingerprint density at radius 2 is 2.12 bits per heavy atom. The Balaban J connectivity index is 2.97. The number of aliphatic hydroxyl groups is 1. The molecule has 0 saturated carbocycles. The number of ketones is 1. The highest BCUT2D eigenvalue weighted by atomic mass is 19.1. The molecule has 1 aromatic carbocycles. The highest BCUT2D eigenvalue weighted by Gasteiger charge is 2.13. The number of aliphatic hydroxyl groups excluding tert-OH is 1. The molecule has 0 aliphatic rings. The van der Waals surface area contributed by atoms with E-state index >= 15 is 0 Å². The topological polar surface area (TPSA) is 66.4 Å². The van der Waals surface area contributed by atoms with Gasteiger partial charge >= 0.3 is 0 Å². The van der Waals surface area contributed by atoms with Gasteiger partial charge in [0.15, 0.2) is 5.78 Å². The highest BCUT2D eigenvalue weighted by molar-refractivity contribution is 6.04. The van der Waals surface area contributed by atoms with Crippen LogP contribution in [0.15, 0.2) is 18.2 Å². The molecular weight excluding hydrogens is 225 g/mol. The molecule has 0 aromatic heterocycles. The molecule has 0 fully saturated rings. The summed E-state index contributed by atoms with van der Waals surface area (Å²) in [6.07, 6.45) is 0.432. The van der Waals surface area contributed by atoms with Crippen LogP contribution in [0.25, 0.3) is 0 Å². The second-order valence-corrected chi connectivity index (χ2v) is 3.62. The zero-order valence-electron chi connectivity index (χ0n) is 9.50. The molecule has 5 heteroatoms. The van der Waals surface area contributed by atoms with Gasteiger partial charge in [-0.1, -0.05) is 0 Å². The minimum Gasteiger partial charge on any atom is -0.396 e. The Labute approximate surface area is 98.5 Å². The molecule has 0 heterocycles. The van der Waals surface area contributed by atoms with E-state index in [2.05, 4.69) is 5.32 Å². The third-order valence-electron chi connectivity index (χ3n) is 2.15. The largest absolute Gasteiger partial charge is 0.396 e. The van der Waals surface area contributed by atoms with Gasteiger partial charge in [0.25, 0.3) is 0 Å². The van der Waals surface area contributed by atoms with Crippen molar-refractivity contribution in [2.24, 2.45) is 0 Å². The van der Waals surface area contributed by atoms with E-state index in [4.69, 9.17) is 5.11 Å². The second-order valence-electron chi connectivity index (χ2n) is 3.62. The fraction of sp³-hybridized carbons (Fsp3) is 0.333. The van der Waals surface area contributed by atoms with Crippen molar-refractivity contribution in [2.45, 2.75) is 19.8 Å². The van der Waals surface area contributed by atoms with Gasteiger partial charge in [-0.25, -0.2) is 4.39 Å². The van der Waals surface area contributed by atoms with Crippen LogP contribution in [0.4, 0.5) is 10.1 Å². The number of hydrogen-bond acceptors (Lipinski definition) is 3. The van der Waals surface area contributed by atoms with Crippen LogP contribution in [-0.2, 0) is 4.79 Å². The standard InChI is InChI=1S/C12H14FNO3/c1-8(16)14-11-5-4-9(13)7-10(11)12(17)3-2-6-15/h4-5,7,15H,2-3,6H2,1H3,(H,14,16). The minimum atomic E-state index is -0.536. The Morgan fingerprint density at radius 3 is 2.71 bits per heavy atom. The van der Waals surface area contributed by atoms with Crippen molar-refractivity contribution in [1.82, 2.24) is 0 Å². The summed E-state index contributed by atoms with van der Waals surface area (Å²) >= 11 is 0. The number of carbonyl (C=O) groups is 2. The van der Waals surface area contributed by atoms with Gasteiger partial charge in [0.05, 0.1) is 5.69 Å². The zero-order chi connectivity index (χ0) is 12.8. The molecule has 0 aliphatic carbocycles. The maximum Gasteiger partial charge on any atom is 0.221 e. The first-order valence-corrected chi connectivity index (χ1v) is 5.26. The highest BCUT2D eigenvalue weighted by Crippen LogP contribution is 2.19. The SMILES string of the molecule is CC(=O)Nc1ccc(F)cc1C(=O)CCCO. The van der Waals surface area contributed by atoms with Crippen molar-refractivity contribution in [3.63, 3.8) is 0 Å². The van der Waals surface area contributed by atoms with Crippen LogP contribution in [0.1, 0.15) is 30.1 Å². The van der Waals surface area contributed by atoms with Crippen molar-refractivity contribution in [3.05, 3.63) is 29.6 Å². The maximum atomic E-state index is 13.1. The van der Waals surface area contributed by atoms with Gasteiger partial charge in [0.1, 0.15) is 5.82 Å². The lowest BCUT2D eigenvalue weighted by Crippen LogP contribution is -2.11. The van der Waals surface area contributed by atoms with Crippen molar-refractivity contribution in [2.75, 3.05) is 11.9 Å². The predicted molar refractivity (Wildman–Crippen MR) is 61.4 cm³/mol. The molecule has 4 nitrogen and oxygen atoms in total. The van der Waals surface area contributed by atoms with Gasteiger partial charge in [-0.15, -0.1) is 0 Å². The lowest BCUT2D eigenvalue weighted by atomic mass is 10.0. The second kappa shape index (κ2) is 6.10. The monoisotopic (exact) mass is 239 g/mol. The van der Waals surface area contributed by atoms with E-state index in [1.807, 2.05) is 0 Å². The van der Waals surface area contributed by atoms with E-state index in [1.54, 1.807) is 0 Å². The summed E-state index contributed by atoms with van der Waals surface area (Å²) in [4.78, 5) is 22.7. The Morgan fingerprint density at radius 1 is 1.41 bits per heavy atom. The van der Waals surface area contributed by atoms with Gasteiger partial charge in [0.2, 0.25) is 5.91 Å². The number of Topliss-reactive ketones (excluding diaryl/α,β-unsaturated/α-hetero) is 1. The molecule has 0 unspecified atom stereocenters. The third kappa shape index (κ3) is 3.96. The van der Waals surface area contributed by atoms with Gasteiger partial charge in [-0.05, 0) is 24.6 Å². The van der Waals surface area contributed by atoms with E-state index in [-0.39, 0.29) is 30.3 Å². The van der Waals surface area contributed by atoms with Crippen molar-refractivity contribution in [1.29, 1.82) is 0 Å². The lowest BCUT2D eigenvalue weighted by Gasteiger charge is -2.08. The molecule has 0 bridgehead atoms. The molecule has 1 amide bonds. The summed E-state index contributed by atoms with van der Waals surface area (Å²) < 4.78 is 13.1. The van der Waals surface area contributed by atoms with Crippen LogP contribution in [0.2, 0.25) is 0 Å². The summed E-state index contributed by atoms with van der Waals surface area (Å²) in [7, 11) is 0. The molecule has 0 saturated heterocycles. The number of rotatable bonds is 5. The maximum absolute atomic E-state index is 13.1. The number of benzene rings is 1. The van der Waals surface area contributed by atoms with E-state index in [0.29, 0.717) is 12.1 Å². The average Bonchev–Trinajstić information content (AvgIpc) is 2.27. The van der Waals surface area contributed by atoms with Crippen LogP contribution < -0.4 is 5.32 Å². The smallest absolute Gasteiger partial charge is 0.221 e. The van der Waals surface area contributed by atoms with E-state index in [9.17, 15) is 14.0 Å². The molecule has 1 rings (SSSR count). The summed E-state index contributed by atoms with van der Waals surface area (Å²) in [5.74, 6) is -1.17. The molecule has 17 heavy (non-hydrogen) atoms. The number of hydrogen-bond donors (Lipinski definition) is 2. The van der Waals surface area contributed by atoms with E-state index in [0.717, 1.165) is 6.07 Å². The Kier molecular flexibility index (Phi) is 4.78. The van der Waals surface area contributed by atoms with Crippen LogP contribution in [0.5, 0.6) is 0 Å². The quantitative estimate of drug-likeness (QED) is 0.769. The first-order chi connectivity index (χ1) is 8.04. The van der Waals surface area contributed by atoms with Crippen LogP contribution in [0.3, 0.4) is 0 Å². The van der Waals surface area contributed by atoms with Gasteiger partial charge in [-0.2, -0.15) is 0 Å². The van der Waals surface area contributed by atoms with E-state index in [1.165, 1.54) is 19.1 Å². The first-order valence-electron chi connectivity index (χ1n) is 5.26. The molecule has 0 atom stereocenters. The fourth-order valence-electron chi connectivity index (χ4n) is 1.42. The summed E-state index contributed by atoms with van der Waals surface area (Å²) in [5.41, 5.74) is 0.426. The molecule has 0 radical (unpaired) electrons. The van der Waals surface area contributed by atoms with Crippen molar-refractivity contribution >= 4 is 17.4 Å². The van der Waals surface area contributed by atoms with Crippen LogP contribution in [0, 0.1) is 5.82 Å². The normalized spacial score (nSPS) is 10.1. The molecule has 2 N–H and O–H groups in total.